The number of hydrogen-bond donors (Lipinski definition) is 4. The average molecular weight is 777 g/mol. The van der Waals surface area contributed by atoms with E-state index in [1.54, 1.807) is 19.2 Å². The molecule has 1 aliphatic heterocycles. The van der Waals surface area contributed by atoms with Gasteiger partial charge in [-0.1, -0.05) is 32.4 Å². The molecule has 2 saturated carbocycles. The number of allylic oxidation sites excluding steroid dienone is 1. The molecule has 3 fully saturated rings. The molecule has 4 N–H and O–H groups in total. The number of methoxy groups -OCH3 is 1. The number of anilines is 1. The first kappa shape index (κ1) is 39.8. The Balaban J connectivity index is 1.30. The zero-order valence-electron chi connectivity index (χ0n) is 32.1. The first-order valence-electron chi connectivity index (χ1n) is 19.3. The van der Waals surface area contributed by atoms with E-state index in [4.69, 9.17) is 24.2 Å². The molecule has 6 rings (SSSR count). The second-order valence-corrected chi connectivity index (χ2v) is 15.8. The number of aromatic nitrogens is 2. The van der Waals surface area contributed by atoms with Crippen molar-refractivity contribution in [2.75, 3.05) is 19.0 Å². The maximum atomic E-state index is 14.4. The monoisotopic (exact) mass is 776 g/mol. The van der Waals surface area contributed by atoms with Crippen molar-refractivity contribution in [3.05, 3.63) is 41.8 Å². The summed E-state index contributed by atoms with van der Waals surface area (Å²) in [5, 5.41) is 22.5. The summed E-state index contributed by atoms with van der Waals surface area (Å²) >= 11 is 1.47. The molecule has 15 heteroatoms. The normalized spacial score (nSPS) is 22.9. The van der Waals surface area contributed by atoms with E-state index in [1.807, 2.05) is 57.4 Å². The van der Waals surface area contributed by atoms with Crippen LogP contribution in [0.25, 0.3) is 22.3 Å². The Labute approximate surface area is 325 Å². The molecule has 14 nitrogen and oxygen atoms in total. The van der Waals surface area contributed by atoms with Crippen LogP contribution in [-0.4, -0.2) is 93.4 Å². The van der Waals surface area contributed by atoms with Crippen molar-refractivity contribution in [1.29, 1.82) is 0 Å². The third kappa shape index (κ3) is 9.14. The smallest absolute Gasteiger partial charge is 0.408 e. The van der Waals surface area contributed by atoms with Gasteiger partial charge in [0.15, 0.2) is 5.13 Å². The van der Waals surface area contributed by atoms with Gasteiger partial charge in [0, 0.05) is 41.3 Å². The van der Waals surface area contributed by atoms with Gasteiger partial charge in [0.25, 0.3) is 0 Å². The van der Waals surface area contributed by atoms with Crippen LogP contribution >= 0.6 is 11.3 Å². The number of benzene rings is 1. The van der Waals surface area contributed by atoms with Crippen molar-refractivity contribution in [1.82, 2.24) is 25.5 Å². The lowest BCUT2D eigenvalue weighted by Gasteiger charge is -2.29. The molecule has 5 atom stereocenters. The second-order valence-electron chi connectivity index (χ2n) is 14.9. The van der Waals surface area contributed by atoms with Gasteiger partial charge in [-0.15, -0.1) is 11.3 Å². The Kier molecular flexibility index (Phi) is 12.5. The molecular weight excluding hydrogens is 725 g/mol. The van der Waals surface area contributed by atoms with Crippen molar-refractivity contribution in [2.24, 2.45) is 5.92 Å². The molecule has 3 amide bonds. The number of fused-ring (bicyclic) bond motifs is 1. The minimum absolute atomic E-state index is 0.0180. The lowest BCUT2D eigenvalue weighted by Crippen LogP contribution is -2.56. The predicted octanol–water partition coefficient (Wildman–Crippen LogP) is 6.30. The van der Waals surface area contributed by atoms with Crippen molar-refractivity contribution in [2.45, 2.75) is 121 Å². The molecule has 0 radical (unpaired) electrons. The fourth-order valence-corrected chi connectivity index (χ4v) is 8.29. The van der Waals surface area contributed by atoms with Crippen LogP contribution < -0.4 is 25.4 Å². The van der Waals surface area contributed by atoms with Gasteiger partial charge in [-0.25, -0.2) is 19.6 Å². The zero-order valence-corrected chi connectivity index (χ0v) is 32.9. The second kappa shape index (κ2) is 17.3. The molecule has 1 saturated heterocycles. The van der Waals surface area contributed by atoms with E-state index >= 15 is 0 Å². The topological polar surface area (TPSA) is 181 Å². The summed E-state index contributed by atoms with van der Waals surface area (Å²) in [6, 6.07) is 5.44. The number of carboxylic acids is 1. The van der Waals surface area contributed by atoms with E-state index < -0.39 is 47.6 Å². The third-order valence-electron chi connectivity index (χ3n) is 10.4. The number of thiazole rings is 1. The predicted molar refractivity (Wildman–Crippen MR) is 209 cm³/mol. The number of likely N-dealkylation sites (tertiary alicyclic amines) is 1. The van der Waals surface area contributed by atoms with Gasteiger partial charge >= 0.3 is 12.1 Å². The summed E-state index contributed by atoms with van der Waals surface area (Å²) in [7, 11) is 1.58. The largest absolute Gasteiger partial charge is 0.497 e. The molecule has 2 aromatic heterocycles. The highest BCUT2D eigenvalue weighted by atomic mass is 32.1. The Hall–Kier alpha value is -4.92. The average Bonchev–Trinajstić information content (AvgIpc) is 3.58. The van der Waals surface area contributed by atoms with Crippen LogP contribution in [0.1, 0.15) is 85.5 Å². The molecule has 3 aliphatic rings. The van der Waals surface area contributed by atoms with Gasteiger partial charge in [-0.2, -0.15) is 0 Å². The van der Waals surface area contributed by atoms with Crippen molar-refractivity contribution in [3.8, 4) is 22.9 Å². The number of hydrogen-bond acceptors (Lipinski definition) is 11. The molecule has 3 aromatic rings. The quantitative estimate of drug-likeness (QED) is 0.120. The molecule has 55 heavy (non-hydrogen) atoms. The van der Waals surface area contributed by atoms with E-state index in [0.29, 0.717) is 46.6 Å². The standard InChI is InChI=1S/C40H52N6O8S/c1-6-8-12-24-20-40(24,37(49)50)45-35(47)33-18-27(21-46(33)36(48)29(11-7-2)44-39(51)54-25-13-9-10-14-25)53-34-19-31(32-22-55-38(43-32)41-23(3)4)42-30-17-26(52-5)15-16-28(30)34/h8,12,15-17,19,22-25,27,29,33H,6-7,9-11,13-14,18,20-21H2,1-5H3,(H,41,43)(H,44,51)(H,45,47)(H,49,50)/b12-8-/t24-,27-,29+,33+,40-/m1/s1. The van der Waals surface area contributed by atoms with E-state index in [2.05, 4.69) is 16.0 Å². The van der Waals surface area contributed by atoms with Gasteiger partial charge < -0.3 is 40.2 Å². The van der Waals surface area contributed by atoms with Crippen LogP contribution in [0.3, 0.4) is 0 Å². The minimum Gasteiger partial charge on any atom is -0.497 e. The van der Waals surface area contributed by atoms with E-state index in [-0.39, 0.29) is 37.5 Å². The Bertz CT molecular complexity index is 1910. The Morgan fingerprint density at radius 2 is 1.87 bits per heavy atom. The molecule has 2 aliphatic carbocycles. The summed E-state index contributed by atoms with van der Waals surface area (Å²) in [4.78, 5) is 65.1. The number of rotatable bonds is 16. The van der Waals surface area contributed by atoms with Crippen molar-refractivity contribution >= 4 is 51.2 Å². The number of alkyl carbamates (subject to hydrolysis) is 1. The zero-order chi connectivity index (χ0) is 39.3. The summed E-state index contributed by atoms with van der Waals surface area (Å²) in [6.45, 7) is 7.95. The van der Waals surface area contributed by atoms with Crippen LogP contribution in [-0.2, 0) is 19.1 Å². The van der Waals surface area contributed by atoms with E-state index in [1.165, 1.54) is 16.2 Å². The number of nitrogens with zero attached hydrogens (tertiary/aromatic N) is 3. The summed E-state index contributed by atoms with van der Waals surface area (Å²) in [5.41, 5.74) is 0.362. The highest BCUT2D eigenvalue weighted by molar-refractivity contribution is 7.14. The molecule has 0 unspecified atom stereocenters. The van der Waals surface area contributed by atoms with Crippen LogP contribution in [0.5, 0.6) is 11.5 Å². The van der Waals surface area contributed by atoms with Crippen LogP contribution in [0.2, 0.25) is 0 Å². The molecular formula is C40H52N6O8S. The number of pyridine rings is 1. The van der Waals surface area contributed by atoms with Crippen LogP contribution in [0, 0.1) is 5.92 Å². The Morgan fingerprint density at radius 3 is 2.56 bits per heavy atom. The number of ether oxygens (including phenoxy) is 3. The third-order valence-corrected chi connectivity index (χ3v) is 11.2. The number of aliphatic carboxylic acids is 1. The number of nitrogens with one attached hydrogen (secondary N) is 3. The lowest BCUT2D eigenvalue weighted by atomic mass is 10.1. The van der Waals surface area contributed by atoms with Gasteiger partial charge in [0.2, 0.25) is 11.8 Å². The number of amides is 3. The number of carbonyl (C=O) groups is 4. The first-order chi connectivity index (χ1) is 26.4. The van der Waals surface area contributed by atoms with Crippen molar-refractivity contribution < 1.29 is 38.5 Å². The molecule has 3 heterocycles. The van der Waals surface area contributed by atoms with Crippen LogP contribution in [0.4, 0.5) is 9.93 Å². The molecule has 0 spiro atoms. The van der Waals surface area contributed by atoms with Gasteiger partial charge in [0.1, 0.15) is 47.0 Å². The maximum absolute atomic E-state index is 14.4. The van der Waals surface area contributed by atoms with Crippen molar-refractivity contribution in [3.63, 3.8) is 0 Å². The molecule has 0 bridgehead atoms. The fraction of sp³-hybridized carbons (Fsp3) is 0.550. The van der Waals surface area contributed by atoms with E-state index in [0.717, 1.165) is 37.2 Å². The highest BCUT2D eigenvalue weighted by Gasteiger charge is 2.61. The van der Waals surface area contributed by atoms with E-state index in [9.17, 15) is 24.3 Å². The minimum atomic E-state index is -1.46. The molecule has 1 aromatic carbocycles. The van der Waals surface area contributed by atoms with Gasteiger partial charge in [-0.3, -0.25) is 9.59 Å². The highest BCUT2D eigenvalue weighted by Crippen LogP contribution is 2.45. The lowest BCUT2D eigenvalue weighted by molar-refractivity contribution is -0.145. The maximum Gasteiger partial charge on any atom is 0.408 e. The van der Waals surface area contributed by atoms with Gasteiger partial charge in [0.05, 0.1) is 24.9 Å². The van der Waals surface area contributed by atoms with Gasteiger partial charge in [-0.05, 0) is 70.9 Å². The Morgan fingerprint density at radius 1 is 1.09 bits per heavy atom. The SMILES string of the molecule is CC/C=C\[C@@H]1C[C@]1(NC(=O)[C@@H]1C[C@@H](Oc2cc(-c3csc(NC(C)C)n3)nc3cc(OC)ccc23)CN1C(=O)[C@H](CCC)NC(=O)OC1CCCC1)C(=O)O. The summed E-state index contributed by atoms with van der Waals surface area (Å²) < 4.78 is 17.8. The summed E-state index contributed by atoms with van der Waals surface area (Å²) in [5.74, 6) is -1.46. The first-order valence-corrected chi connectivity index (χ1v) is 20.2. The summed E-state index contributed by atoms with van der Waals surface area (Å²) in [6.07, 6.45) is 7.67. The molecule has 296 valence electrons. The van der Waals surface area contributed by atoms with Crippen LogP contribution in [0.15, 0.2) is 41.8 Å². The fourth-order valence-electron chi connectivity index (χ4n) is 7.44. The number of carbonyl (C=O) groups excluding carboxylic acids is 3. The number of carboxylic acid groups (broad SMARTS) is 1.